The molecule has 0 radical (unpaired) electrons. The minimum absolute atomic E-state index is 0.0102. The van der Waals surface area contributed by atoms with Crippen molar-refractivity contribution in [1.82, 2.24) is 25.1 Å². The molecule has 116 valence electrons. The maximum atomic E-state index is 12.0. The number of nitrogens with one attached hydrogen (secondary N) is 2. The Balaban J connectivity index is 1.65. The highest BCUT2D eigenvalue weighted by molar-refractivity contribution is 5.93. The van der Waals surface area contributed by atoms with Crippen molar-refractivity contribution in [2.45, 2.75) is 0 Å². The second-order valence-electron chi connectivity index (χ2n) is 5.71. The van der Waals surface area contributed by atoms with Crippen LogP contribution in [0.15, 0.2) is 36.8 Å². The van der Waals surface area contributed by atoms with E-state index in [1.807, 2.05) is 37.6 Å². The van der Waals surface area contributed by atoms with Gasteiger partial charge in [-0.3, -0.25) is 14.8 Å². The lowest BCUT2D eigenvalue weighted by Crippen LogP contribution is -2.48. The third-order valence-corrected chi connectivity index (χ3v) is 4.01. The normalized spacial score (nSPS) is 14.7. The molecule has 4 rings (SSSR count). The molecule has 23 heavy (non-hydrogen) atoms. The molecule has 0 saturated carbocycles. The number of fused-ring (bicyclic) bond motifs is 1. The average molecular weight is 308 g/mol. The molecular formula is C16H16N6O. The highest BCUT2D eigenvalue weighted by Gasteiger charge is 2.25. The molecule has 0 aliphatic carbocycles. The van der Waals surface area contributed by atoms with Crippen LogP contribution in [0.4, 0.5) is 5.95 Å². The van der Waals surface area contributed by atoms with E-state index in [2.05, 4.69) is 25.7 Å². The number of benzene rings is 1. The van der Waals surface area contributed by atoms with Gasteiger partial charge in [-0.1, -0.05) is 12.1 Å². The summed E-state index contributed by atoms with van der Waals surface area (Å²) in [4.78, 5) is 20.7. The molecule has 0 bridgehead atoms. The summed E-state index contributed by atoms with van der Waals surface area (Å²) in [6.45, 7) is 1.43. The number of aromatic nitrogens is 4. The Morgan fingerprint density at radius 1 is 1.30 bits per heavy atom. The molecule has 1 saturated heterocycles. The van der Waals surface area contributed by atoms with Gasteiger partial charge in [0.05, 0.1) is 17.6 Å². The Kier molecular flexibility index (Phi) is 3.27. The Labute approximate surface area is 132 Å². The lowest BCUT2D eigenvalue weighted by Gasteiger charge is -2.25. The van der Waals surface area contributed by atoms with Crippen LogP contribution in [-0.2, 0) is 11.8 Å². The molecule has 1 amide bonds. The Morgan fingerprint density at radius 3 is 2.87 bits per heavy atom. The number of aryl methyl sites for hydroxylation is 1. The first-order valence-corrected chi connectivity index (χ1v) is 7.46. The molecule has 3 heterocycles. The fourth-order valence-electron chi connectivity index (χ4n) is 2.52. The quantitative estimate of drug-likeness (QED) is 0.759. The van der Waals surface area contributed by atoms with Gasteiger partial charge in [0.1, 0.15) is 0 Å². The van der Waals surface area contributed by atoms with Gasteiger partial charge in [0.25, 0.3) is 0 Å². The Hall–Kier alpha value is -2.80. The van der Waals surface area contributed by atoms with Gasteiger partial charge in [0.2, 0.25) is 11.9 Å². The molecule has 2 N–H and O–H groups in total. The first-order chi connectivity index (χ1) is 11.2. The lowest BCUT2D eigenvalue weighted by atomic mass is 10.0. The second-order valence-corrected chi connectivity index (χ2v) is 5.71. The number of hydrogen-bond acceptors (Lipinski definition) is 5. The van der Waals surface area contributed by atoms with Crippen molar-refractivity contribution in [3.63, 3.8) is 0 Å². The first kappa shape index (κ1) is 13.8. The summed E-state index contributed by atoms with van der Waals surface area (Å²) in [5.74, 6) is 0.320. The molecule has 7 heteroatoms. The van der Waals surface area contributed by atoms with E-state index in [0.717, 1.165) is 22.0 Å². The third-order valence-electron chi connectivity index (χ3n) is 4.01. The molecule has 0 spiro atoms. The summed E-state index contributed by atoms with van der Waals surface area (Å²) in [7, 11) is 1.88. The highest BCUT2D eigenvalue weighted by Crippen LogP contribution is 2.23. The van der Waals surface area contributed by atoms with Crippen LogP contribution in [0.1, 0.15) is 0 Å². The van der Waals surface area contributed by atoms with E-state index in [4.69, 9.17) is 0 Å². The van der Waals surface area contributed by atoms with Gasteiger partial charge >= 0.3 is 0 Å². The van der Waals surface area contributed by atoms with Crippen molar-refractivity contribution >= 4 is 22.8 Å². The van der Waals surface area contributed by atoms with Crippen molar-refractivity contribution in [3.8, 4) is 11.1 Å². The van der Waals surface area contributed by atoms with Crippen molar-refractivity contribution in [3.05, 3.63) is 36.8 Å². The smallest absolute Gasteiger partial charge is 0.232 e. The molecule has 3 aromatic rings. The Bertz CT molecular complexity index is 883. The van der Waals surface area contributed by atoms with Gasteiger partial charge in [-0.15, -0.1) is 0 Å². The molecule has 1 fully saturated rings. The summed E-state index contributed by atoms with van der Waals surface area (Å²) < 4.78 is 1.76. The van der Waals surface area contributed by atoms with Crippen LogP contribution < -0.4 is 10.6 Å². The van der Waals surface area contributed by atoms with E-state index in [9.17, 15) is 4.79 Å². The van der Waals surface area contributed by atoms with E-state index in [1.54, 1.807) is 10.9 Å². The van der Waals surface area contributed by atoms with Crippen molar-refractivity contribution in [2.75, 3.05) is 18.4 Å². The van der Waals surface area contributed by atoms with Crippen molar-refractivity contribution < 1.29 is 4.79 Å². The number of rotatable bonds is 3. The molecule has 1 aliphatic heterocycles. The van der Waals surface area contributed by atoms with Gasteiger partial charge in [-0.2, -0.15) is 5.10 Å². The topological polar surface area (TPSA) is 84.7 Å². The van der Waals surface area contributed by atoms with E-state index < -0.39 is 0 Å². The standard InChI is InChI=1S/C16H16N6O/c1-22-9-13(8-19-22)10-2-3-11-7-18-16(20-14(11)4-10)21-15(23)12-5-17-6-12/h2-4,7-9,12,17H,5-6H2,1H3,(H,18,20,21,23). The second kappa shape index (κ2) is 5.44. The number of nitrogens with zero attached hydrogens (tertiary/aromatic N) is 4. The molecule has 2 aromatic heterocycles. The van der Waals surface area contributed by atoms with Gasteiger partial charge in [-0.05, 0) is 11.6 Å². The summed E-state index contributed by atoms with van der Waals surface area (Å²) in [5.41, 5.74) is 2.85. The molecule has 0 unspecified atom stereocenters. The highest BCUT2D eigenvalue weighted by atomic mass is 16.2. The van der Waals surface area contributed by atoms with Gasteiger partial charge < -0.3 is 5.32 Å². The Morgan fingerprint density at radius 2 is 2.17 bits per heavy atom. The fourth-order valence-corrected chi connectivity index (χ4v) is 2.52. The van der Waals surface area contributed by atoms with Crippen LogP contribution >= 0.6 is 0 Å². The van der Waals surface area contributed by atoms with E-state index in [0.29, 0.717) is 19.0 Å². The monoisotopic (exact) mass is 308 g/mol. The van der Waals surface area contributed by atoms with Crippen LogP contribution in [0.2, 0.25) is 0 Å². The van der Waals surface area contributed by atoms with E-state index >= 15 is 0 Å². The largest absolute Gasteiger partial charge is 0.315 e. The van der Waals surface area contributed by atoms with Crippen molar-refractivity contribution in [2.24, 2.45) is 13.0 Å². The van der Waals surface area contributed by atoms with Crippen LogP contribution in [0, 0.1) is 5.92 Å². The van der Waals surface area contributed by atoms with Gasteiger partial charge in [0, 0.05) is 43.5 Å². The average Bonchev–Trinajstić information content (AvgIpc) is 2.91. The van der Waals surface area contributed by atoms with Crippen molar-refractivity contribution in [1.29, 1.82) is 0 Å². The maximum absolute atomic E-state index is 12.0. The molecule has 1 aromatic carbocycles. The fraction of sp³-hybridized carbons (Fsp3) is 0.250. The summed E-state index contributed by atoms with van der Waals surface area (Å²) >= 11 is 0. The number of carbonyl (C=O) groups excluding carboxylic acids is 1. The number of hydrogen-bond donors (Lipinski definition) is 2. The number of anilines is 1. The molecule has 1 aliphatic rings. The maximum Gasteiger partial charge on any atom is 0.232 e. The predicted molar refractivity (Wildman–Crippen MR) is 86.7 cm³/mol. The zero-order chi connectivity index (χ0) is 15.8. The van der Waals surface area contributed by atoms with Crippen LogP contribution in [0.25, 0.3) is 22.0 Å². The molecule has 7 nitrogen and oxygen atoms in total. The predicted octanol–water partition coefficient (Wildman–Crippen LogP) is 1.19. The first-order valence-electron chi connectivity index (χ1n) is 7.46. The van der Waals surface area contributed by atoms with Crippen LogP contribution in [0.3, 0.4) is 0 Å². The van der Waals surface area contributed by atoms with Gasteiger partial charge in [0.15, 0.2) is 0 Å². The minimum atomic E-state index is -0.0356. The molecule has 0 atom stereocenters. The van der Waals surface area contributed by atoms with E-state index in [-0.39, 0.29) is 11.8 Å². The van der Waals surface area contributed by atoms with Crippen LogP contribution in [-0.4, -0.2) is 38.7 Å². The number of carbonyl (C=O) groups is 1. The molecular weight excluding hydrogens is 292 g/mol. The SMILES string of the molecule is Cn1cc(-c2ccc3cnc(NC(=O)C4CNC4)nc3c2)cn1. The van der Waals surface area contributed by atoms with Gasteiger partial charge in [-0.25, -0.2) is 9.97 Å². The summed E-state index contributed by atoms with van der Waals surface area (Å²) in [6, 6.07) is 5.97. The van der Waals surface area contributed by atoms with Crippen LogP contribution in [0.5, 0.6) is 0 Å². The minimum Gasteiger partial charge on any atom is -0.315 e. The summed E-state index contributed by atoms with van der Waals surface area (Å²) in [6.07, 6.45) is 5.49. The zero-order valence-electron chi connectivity index (χ0n) is 12.7. The van der Waals surface area contributed by atoms with E-state index in [1.165, 1.54) is 0 Å². The zero-order valence-corrected chi connectivity index (χ0v) is 12.7. The lowest BCUT2D eigenvalue weighted by molar-refractivity contribution is -0.121. The summed E-state index contributed by atoms with van der Waals surface area (Å²) in [5, 5.41) is 11.0. The number of amides is 1. The third kappa shape index (κ3) is 2.66.